The van der Waals surface area contributed by atoms with E-state index in [2.05, 4.69) is 0 Å². The molecule has 4 atom stereocenters. The summed E-state index contributed by atoms with van der Waals surface area (Å²) in [5.74, 6) is -11.3. The van der Waals surface area contributed by atoms with Gasteiger partial charge in [0.25, 0.3) is 0 Å². The average Bonchev–Trinajstić information content (AvgIpc) is 3.15. The van der Waals surface area contributed by atoms with Crippen molar-refractivity contribution in [3.05, 3.63) is 143 Å². The van der Waals surface area contributed by atoms with Gasteiger partial charge in [-0.15, -0.1) is 0 Å². The highest BCUT2D eigenvalue weighted by atomic mass is 16.6. The van der Waals surface area contributed by atoms with Crippen molar-refractivity contribution in [1.29, 1.82) is 0 Å². The Kier molecular flexibility index (Phi) is 14.7. The second-order valence-electron chi connectivity index (χ2n) is 11.1. The summed E-state index contributed by atoms with van der Waals surface area (Å²) in [5.41, 5.74) is 1.84. The number of esters is 4. The molecule has 2 unspecified atom stereocenters. The lowest BCUT2D eigenvalue weighted by Gasteiger charge is -2.21. The van der Waals surface area contributed by atoms with Crippen molar-refractivity contribution >= 4 is 47.8 Å². The maximum atomic E-state index is 12.2. The minimum atomic E-state index is -2.22. The number of carboxylic acid groups (broad SMARTS) is 4. The maximum absolute atomic E-state index is 12.2. The minimum Gasteiger partial charge on any atom is -0.478 e. The van der Waals surface area contributed by atoms with Gasteiger partial charge < -0.3 is 39.4 Å². The van der Waals surface area contributed by atoms with Crippen molar-refractivity contribution in [3.8, 4) is 0 Å². The Bertz CT molecular complexity index is 1830. The van der Waals surface area contributed by atoms with E-state index in [4.69, 9.17) is 18.9 Å². The highest BCUT2D eigenvalue weighted by Gasteiger charge is 2.42. The van der Waals surface area contributed by atoms with E-state index in [1.165, 1.54) is 72.8 Å². The third-order valence-electron chi connectivity index (χ3n) is 7.05. The van der Waals surface area contributed by atoms with Crippen LogP contribution in [0.15, 0.2) is 109 Å². The summed E-state index contributed by atoms with van der Waals surface area (Å²) in [5, 5.41) is 37.1. The monoisotopic (exact) mass is 744 g/mol. The lowest BCUT2D eigenvalue weighted by Crippen LogP contribution is -2.45. The number of carbonyl (C=O) groups excluding carboxylic acids is 4. The van der Waals surface area contributed by atoms with Gasteiger partial charge in [0, 0.05) is 0 Å². The zero-order valence-corrected chi connectivity index (χ0v) is 28.4. The van der Waals surface area contributed by atoms with Gasteiger partial charge in [-0.2, -0.15) is 0 Å². The summed E-state index contributed by atoms with van der Waals surface area (Å²) in [6.45, 7) is 3.58. The zero-order chi connectivity index (χ0) is 39.9. The van der Waals surface area contributed by atoms with Crippen molar-refractivity contribution in [2.24, 2.45) is 0 Å². The van der Waals surface area contributed by atoms with Crippen molar-refractivity contribution in [2.45, 2.75) is 38.3 Å². The Morgan fingerprint density at radius 2 is 0.556 bits per heavy atom. The summed E-state index contributed by atoms with van der Waals surface area (Å²) in [4.78, 5) is 94.2. The molecular weight excluding hydrogens is 712 g/mol. The first-order chi connectivity index (χ1) is 25.6. The lowest BCUT2D eigenvalue weighted by molar-refractivity contribution is -0.166. The maximum Gasteiger partial charge on any atom is 0.349 e. The summed E-state index contributed by atoms with van der Waals surface area (Å²) < 4.78 is 19.2. The molecule has 0 bridgehead atoms. The quantitative estimate of drug-likeness (QED) is 0.106. The minimum absolute atomic E-state index is 0.0253. The fraction of sp³-hybridized carbons (Fsp3) is 0.158. The number of ether oxygens (including phenoxy) is 4. The molecule has 0 aliphatic carbocycles. The van der Waals surface area contributed by atoms with Crippen LogP contribution in [0.25, 0.3) is 0 Å². The molecule has 0 spiro atoms. The van der Waals surface area contributed by atoms with Gasteiger partial charge in [0.1, 0.15) is 0 Å². The van der Waals surface area contributed by atoms with Crippen LogP contribution in [0.4, 0.5) is 0 Å². The summed E-state index contributed by atoms with van der Waals surface area (Å²) in [6, 6.07) is 26.9. The Morgan fingerprint density at radius 3 is 0.759 bits per heavy atom. The number of carboxylic acids is 4. The number of aliphatic carboxylic acids is 4. The first-order valence-electron chi connectivity index (χ1n) is 15.6. The van der Waals surface area contributed by atoms with Crippen LogP contribution in [0, 0.1) is 13.8 Å². The van der Waals surface area contributed by atoms with Crippen LogP contribution in [-0.2, 0) is 38.1 Å². The number of hydrogen-bond acceptors (Lipinski definition) is 12. The van der Waals surface area contributed by atoms with Gasteiger partial charge in [-0.05, 0) is 62.4 Å². The van der Waals surface area contributed by atoms with Crippen LogP contribution in [0.1, 0.15) is 52.6 Å². The van der Waals surface area contributed by atoms with Gasteiger partial charge in [-0.3, -0.25) is 0 Å². The highest BCUT2D eigenvalue weighted by molar-refractivity contribution is 5.96. The summed E-state index contributed by atoms with van der Waals surface area (Å²) in [7, 11) is 0. The lowest BCUT2D eigenvalue weighted by atomic mass is 10.1. The molecule has 0 saturated heterocycles. The molecule has 4 rings (SSSR count). The standard InChI is InChI=1S/C20H18O8.C18H14O8/c1-11-3-7-13(8-4-11)19(25)27-15(17(21)22)16(18(23)24)28-20(26)14-9-5-12(2)6-10-14;19-15(20)13(25-17(23)11-7-3-1-4-8-11)14(16(21)22)26-18(24)12-9-5-2-6-10-12/h3-10,15-16H,1-2H3,(H,21,22)(H,23,24);1-10,13-14H,(H,19,20)(H,21,22)/t15-,16?;13-,14?/m11/s1. The molecule has 4 aromatic carbocycles. The highest BCUT2D eigenvalue weighted by Crippen LogP contribution is 2.16. The Balaban J connectivity index is 0.000000291. The first kappa shape index (κ1) is 41.1. The van der Waals surface area contributed by atoms with Crippen molar-refractivity contribution in [3.63, 3.8) is 0 Å². The predicted octanol–water partition coefficient (Wildman–Crippen LogP) is 3.83. The van der Waals surface area contributed by atoms with Crippen LogP contribution in [-0.4, -0.2) is 92.6 Å². The molecule has 16 heteroatoms. The van der Waals surface area contributed by atoms with E-state index in [9.17, 15) is 58.8 Å². The van der Waals surface area contributed by atoms with Gasteiger partial charge in [0.15, 0.2) is 0 Å². The van der Waals surface area contributed by atoms with E-state index < -0.39 is 72.2 Å². The van der Waals surface area contributed by atoms with Crippen LogP contribution >= 0.6 is 0 Å². The second-order valence-corrected chi connectivity index (χ2v) is 11.1. The van der Waals surface area contributed by atoms with Crippen LogP contribution in [0.5, 0.6) is 0 Å². The zero-order valence-electron chi connectivity index (χ0n) is 28.4. The number of hydrogen-bond donors (Lipinski definition) is 4. The molecule has 16 nitrogen and oxygen atoms in total. The third kappa shape index (κ3) is 11.9. The van der Waals surface area contributed by atoms with E-state index in [1.54, 1.807) is 50.2 Å². The number of rotatable bonds is 14. The average molecular weight is 745 g/mol. The molecule has 0 aromatic heterocycles. The van der Waals surface area contributed by atoms with Gasteiger partial charge in [-0.1, -0.05) is 71.8 Å². The predicted molar refractivity (Wildman–Crippen MR) is 183 cm³/mol. The van der Waals surface area contributed by atoms with E-state index in [-0.39, 0.29) is 22.3 Å². The van der Waals surface area contributed by atoms with Crippen LogP contribution in [0.3, 0.4) is 0 Å². The molecule has 0 fully saturated rings. The number of carbonyl (C=O) groups is 8. The second kappa shape index (κ2) is 19.3. The molecule has 4 aromatic rings. The molecule has 0 aliphatic rings. The fourth-order valence-corrected chi connectivity index (χ4v) is 4.23. The van der Waals surface area contributed by atoms with Crippen molar-refractivity contribution < 1.29 is 77.7 Å². The normalized spacial score (nSPS) is 12.5. The van der Waals surface area contributed by atoms with E-state index in [0.29, 0.717) is 0 Å². The van der Waals surface area contributed by atoms with Crippen molar-refractivity contribution in [2.75, 3.05) is 0 Å². The molecular formula is C38H32O16. The third-order valence-corrected chi connectivity index (χ3v) is 7.05. The molecule has 0 radical (unpaired) electrons. The smallest absolute Gasteiger partial charge is 0.349 e. The number of aryl methyl sites for hydroxylation is 2. The van der Waals surface area contributed by atoms with Gasteiger partial charge >= 0.3 is 47.8 Å². The summed E-state index contributed by atoms with van der Waals surface area (Å²) in [6.07, 6.45) is -8.87. The molecule has 0 amide bonds. The van der Waals surface area contributed by atoms with Gasteiger partial charge in [0.05, 0.1) is 22.3 Å². The largest absolute Gasteiger partial charge is 0.478 e. The molecule has 280 valence electrons. The number of benzene rings is 4. The van der Waals surface area contributed by atoms with E-state index >= 15 is 0 Å². The van der Waals surface area contributed by atoms with Gasteiger partial charge in [-0.25, -0.2) is 38.4 Å². The first-order valence-corrected chi connectivity index (χ1v) is 15.6. The topological polar surface area (TPSA) is 254 Å². The fourth-order valence-electron chi connectivity index (χ4n) is 4.23. The molecule has 0 heterocycles. The Hall–Kier alpha value is -7.36. The van der Waals surface area contributed by atoms with E-state index in [0.717, 1.165) is 11.1 Å². The molecule has 54 heavy (non-hydrogen) atoms. The van der Waals surface area contributed by atoms with Gasteiger partial charge in [0.2, 0.25) is 24.4 Å². The molecule has 0 saturated carbocycles. The SMILES string of the molecule is Cc1ccc(C(=O)OC(C(=O)O)[C@@H](OC(=O)c2ccc(C)cc2)C(=O)O)cc1.O=C(OC(C(=O)O)[C@@H](OC(=O)c1ccccc1)C(=O)O)c1ccccc1. The molecule has 4 N–H and O–H groups in total. The van der Waals surface area contributed by atoms with Crippen LogP contribution < -0.4 is 0 Å². The van der Waals surface area contributed by atoms with E-state index in [1.807, 2.05) is 0 Å². The van der Waals surface area contributed by atoms with Crippen molar-refractivity contribution in [1.82, 2.24) is 0 Å². The summed E-state index contributed by atoms with van der Waals surface area (Å²) >= 11 is 0. The Labute approximate surface area is 306 Å². The molecule has 0 aliphatic heterocycles. The Morgan fingerprint density at radius 1 is 0.352 bits per heavy atom. The van der Waals surface area contributed by atoms with Crippen LogP contribution in [0.2, 0.25) is 0 Å².